The van der Waals surface area contributed by atoms with Gasteiger partial charge < -0.3 is 4.74 Å². The predicted octanol–water partition coefficient (Wildman–Crippen LogP) is 5.15. The van der Waals surface area contributed by atoms with Crippen molar-refractivity contribution in [3.8, 4) is 5.75 Å². The van der Waals surface area contributed by atoms with Gasteiger partial charge in [0.15, 0.2) is 0 Å². The summed E-state index contributed by atoms with van der Waals surface area (Å²) in [4.78, 5) is 10.8. The molecule has 2 rings (SSSR count). The lowest BCUT2D eigenvalue weighted by atomic mass is 10.0. The van der Waals surface area contributed by atoms with Gasteiger partial charge >= 0.3 is 12.5 Å². The third-order valence-corrected chi connectivity index (χ3v) is 3.05. The van der Waals surface area contributed by atoms with Crippen molar-refractivity contribution >= 4 is 6.29 Å². The maximum atomic E-state index is 13.4. The molecule has 0 saturated carbocycles. The highest BCUT2D eigenvalue weighted by atomic mass is 19.4. The molecule has 0 amide bonds. The van der Waals surface area contributed by atoms with Gasteiger partial charge in [0.1, 0.15) is 17.9 Å². The highest BCUT2D eigenvalue weighted by Gasteiger charge is 2.32. The molecule has 2 aromatic carbocycles. The Morgan fingerprint density at radius 1 is 0.880 bits per heavy atom. The Morgan fingerprint density at radius 2 is 1.52 bits per heavy atom. The first kappa shape index (κ1) is 18.8. The van der Waals surface area contributed by atoms with Crippen LogP contribution >= 0.6 is 0 Å². The van der Waals surface area contributed by atoms with Gasteiger partial charge in [-0.1, -0.05) is 0 Å². The standard InChI is InChI=1S/C16H9F7O2/c17-13-4-10(3-12(7-13)15(18,19)20)1-9-2-11(8-24)6-14(5-9)25-16(21,22)23/h2-8H,1H2. The number of carbonyl (C=O) groups excluding carboxylic acids is 1. The zero-order chi connectivity index (χ0) is 18.8. The molecule has 0 fully saturated rings. The van der Waals surface area contributed by atoms with Gasteiger partial charge in [-0.25, -0.2) is 4.39 Å². The second-order valence-electron chi connectivity index (χ2n) is 5.10. The van der Waals surface area contributed by atoms with Crippen LogP contribution in [0.1, 0.15) is 27.0 Å². The third-order valence-electron chi connectivity index (χ3n) is 3.05. The van der Waals surface area contributed by atoms with Crippen molar-refractivity contribution in [3.05, 3.63) is 64.5 Å². The largest absolute Gasteiger partial charge is 0.573 e. The normalized spacial score (nSPS) is 12.1. The molecule has 0 radical (unpaired) electrons. The Kier molecular flexibility index (Phi) is 5.05. The molecule has 9 heteroatoms. The van der Waals surface area contributed by atoms with Crippen LogP contribution in [0.4, 0.5) is 30.7 Å². The molecule has 0 aromatic heterocycles. The molecule has 0 bridgehead atoms. The van der Waals surface area contributed by atoms with Gasteiger partial charge in [-0.15, -0.1) is 13.2 Å². The molecular weight excluding hydrogens is 357 g/mol. The van der Waals surface area contributed by atoms with Crippen LogP contribution in [-0.2, 0) is 12.6 Å². The van der Waals surface area contributed by atoms with Gasteiger partial charge in [-0.05, 0) is 53.9 Å². The second kappa shape index (κ2) is 6.73. The first-order valence-corrected chi connectivity index (χ1v) is 6.68. The average Bonchev–Trinajstić information content (AvgIpc) is 2.43. The number of hydrogen-bond donors (Lipinski definition) is 0. The molecule has 134 valence electrons. The number of carbonyl (C=O) groups is 1. The minimum absolute atomic E-state index is 0.0579. The number of benzene rings is 2. The Hall–Kier alpha value is -2.58. The Bertz CT molecular complexity index is 779. The number of rotatable bonds is 4. The van der Waals surface area contributed by atoms with Gasteiger partial charge in [0.05, 0.1) is 5.56 Å². The molecule has 2 aromatic rings. The van der Waals surface area contributed by atoms with E-state index in [1.807, 2.05) is 0 Å². The van der Waals surface area contributed by atoms with E-state index in [2.05, 4.69) is 4.74 Å². The van der Waals surface area contributed by atoms with Crippen LogP contribution in [0.3, 0.4) is 0 Å². The van der Waals surface area contributed by atoms with E-state index in [0.29, 0.717) is 12.1 Å². The molecule has 0 spiro atoms. The molecule has 0 heterocycles. The van der Waals surface area contributed by atoms with E-state index in [9.17, 15) is 35.5 Å². The van der Waals surface area contributed by atoms with E-state index >= 15 is 0 Å². The Labute approximate surface area is 136 Å². The molecule has 0 aliphatic heterocycles. The van der Waals surface area contributed by atoms with Gasteiger partial charge in [0.25, 0.3) is 0 Å². The van der Waals surface area contributed by atoms with E-state index in [1.165, 1.54) is 6.07 Å². The summed E-state index contributed by atoms with van der Waals surface area (Å²) in [6.45, 7) is 0. The fourth-order valence-electron chi connectivity index (χ4n) is 2.20. The lowest BCUT2D eigenvalue weighted by Gasteiger charge is -2.12. The molecule has 25 heavy (non-hydrogen) atoms. The fraction of sp³-hybridized carbons (Fsp3) is 0.188. The predicted molar refractivity (Wildman–Crippen MR) is 72.7 cm³/mol. The van der Waals surface area contributed by atoms with E-state index in [-0.39, 0.29) is 29.4 Å². The van der Waals surface area contributed by atoms with Crippen LogP contribution < -0.4 is 4.74 Å². The van der Waals surface area contributed by atoms with Gasteiger partial charge in [0.2, 0.25) is 0 Å². The summed E-state index contributed by atoms with van der Waals surface area (Å²) in [5, 5.41) is 0. The second-order valence-corrected chi connectivity index (χ2v) is 5.10. The lowest BCUT2D eigenvalue weighted by Crippen LogP contribution is -2.17. The average molecular weight is 366 g/mol. The number of hydrogen-bond acceptors (Lipinski definition) is 2. The van der Waals surface area contributed by atoms with E-state index < -0.39 is 29.7 Å². The number of alkyl halides is 6. The smallest absolute Gasteiger partial charge is 0.406 e. The Morgan fingerprint density at radius 3 is 2.08 bits per heavy atom. The summed E-state index contributed by atoms with van der Waals surface area (Å²) in [5.41, 5.74) is -1.44. The SMILES string of the molecule is O=Cc1cc(Cc2cc(F)cc(C(F)(F)F)c2)cc(OC(F)(F)F)c1. The van der Waals surface area contributed by atoms with Crippen LogP contribution in [0, 0.1) is 5.82 Å². The first-order chi connectivity index (χ1) is 11.5. The van der Waals surface area contributed by atoms with Crippen molar-refractivity contribution in [1.82, 2.24) is 0 Å². The minimum atomic E-state index is -5.00. The van der Waals surface area contributed by atoms with Gasteiger partial charge in [0, 0.05) is 5.56 Å². The summed E-state index contributed by atoms with van der Waals surface area (Å²) >= 11 is 0. The van der Waals surface area contributed by atoms with Crippen molar-refractivity contribution < 1.29 is 40.3 Å². The molecular formula is C16H9F7O2. The molecule has 0 atom stereocenters. The number of aldehydes is 1. The van der Waals surface area contributed by atoms with Gasteiger partial charge in [-0.3, -0.25) is 4.79 Å². The monoisotopic (exact) mass is 366 g/mol. The zero-order valence-corrected chi connectivity index (χ0v) is 12.2. The van der Waals surface area contributed by atoms with Crippen molar-refractivity contribution in [2.24, 2.45) is 0 Å². The van der Waals surface area contributed by atoms with Crippen molar-refractivity contribution in [2.75, 3.05) is 0 Å². The molecule has 0 unspecified atom stereocenters. The summed E-state index contributed by atoms with van der Waals surface area (Å²) in [7, 11) is 0. The highest BCUT2D eigenvalue weighted by Crippen LogP contribution is 2.31. The first-order valence-electron chi connectivity index (χ1n) is 6.68. The van der Waals surface area contributed by atoms with E-state index in [1.54, 1.807) is 0 Å². The van der Waals surface area contributed by atoms with Crippen molar-refractivity contribution in [1.29, 1.82) is 0 Å². The third kappa shape index (κ3) is 5.47. The lowest BCUT2D eigenvalue weighted by molar-refractivity contribution is -0.274. The molecule has 0 aliphatic rings. The van der Waals surface area contributed by atoms with Crippen molar-refractivity contribution in [2.45, 2.75) is 19.0 Å². The molecule has 0 saturated heterocycles. The summed E-state index contributed by atoms with van der Waals surface area (Å²) in [5.74, 6) is -1.83. The molecule has 0 aliphatic carbocycles. The minimum Gasteiger partial charge on any atom is -0.406 e. The van der Waals surface area contributed by atoms with E-state index in [4.69, 9.17) is 0 Å². The number of ether oxygens (including phenoxy) is 1. The zero-order valence-electron chi connectivity index (χ0n) is 12.2. The van der Waals surface area contributed by atoms with Crippen LogP contribution in [0.25, 0.3) is 0 Å². The van der Waals surface area contributed by atoms with Crippen LogP contribution in [0.5, 0.6) is 5.75 Å². The van der Waals surface area contributed by atoms with Crippen LogP contribution in [-0.4, -0.2) is 12.6 Å². The Balaban J connectivity index is 2.38. The maximum Gasteiger partial charge on any atom is 0.573 e. The fourth-order valence-corrected chi connectivity index (χ4v) is 2.20. The van der Waals surface area contributed by atoms with Crippen LogP contribution in [0.2, 0.25) is 0 Å². The van der Waals surface area contributed by atoms with Crippen LogP contribution in [0.15, 0.2) is 36.4 Å². The number of halogens is 7. The summed E-state index contributed by atoms with van der Waals surface area (Å²) < 4.78 is 92.0. The maximum absolute atomic E-state index is 13.4. The van der Waals surface area contributed by atoms with Crippen molar-refractivity contribution in [3.63, 3.8) is 0 Å². The topological polar surface area (TPSA) is 26.3 Å². The van der Waals surface area contributed by atoms with E-state index in [0.717, 1.165) is 18.2 Å². The van der Waals surface area contributed by atoms with Gasteiger partial charge in [-0.2, -0.15) is 13.2 Å². The summed E-state index contributed by atoms with van der Waals surface area (Å²) in [6, 6.07) is 4.74. The molecule has 0 N–H and O–H groups in total. The highest BCUT2D eigenvalue weighted by molar-refractivity contribution is 5.76. The summed E-state index contributed by atoms with van der Waals surface area (Å²) in [6.07, 6.45) is -9.83. The quantitative estimate of drug-likeness (QED) is 0.553. The molecule has 2 nitrogen and oxygen atoms in total.